The molecule has 0 amide bonds. The van der Waals surface area contributed by atoms with Crippen molar-refractivity contribution in [3.8, 4) is 11.8 Å². The highest BCUT2D eigenvalue weighted by Gasteiger charge is 1.94. The van der Waals surface area contributed by atoms with Gasteiger partial charge in [-0.15, -0.1) is 0 Å². The number of ether oxygens (including phenoxy) is 1. The number of aliphatic hydroxyl groups is 1. The number of hydrogen-bond donors (Lipinski definition) is 1. The third-order valence-electron chi connectivity index (χ3n) is 2.15. The highest BCUT2D eigenvalue weighted by molar-refractivity contribution is 5.36. The zero-order valence-electron chi connectivity index (χ0n) is 9.70. The molecule has 0 heterocycles. The highest BCUT2D eigenvalue weighted by Crippen LogP contribution is 2.06. The van der Waals surface area contributed by atoms with Gasteiger partial charge in [-0.05, 0) is 24.1 Å². The van der Waals surface area contributed by atoms with E-state index in [1.807, 2.05) is 24.3 Å². The van der Waals surface area contributed by atoms with Gasteiger partial charge in [0.1, 0.15) is 6.61 Å². The van der Waals surface area contributed by atoms with Gasteiger partial charge in [0, 0.05) is 12.2 Å². The molecule has 0 bridgehead atoms. The summed E-state index contributed by atoms with van der Waals surface area (Å²) in [4.78, 5) is 0. The lowest BCUT2D eigenvalue weighted by molar-refractivity contribution is 0.118. The van der Waals surface area contributed by atoms with E-state index in [0.717, 1.165) is 30.6 Å². The maximum atomic E-state index is 8.60. The number of benzene rings is 1. The Morgan fingerprint density at radius 3 is 3.00 bits per heavy atom. The van der Waals surface area contributed by atoms with Crippen molar-refractivity contribution in [3.05, 3.63) is 35.4 Å². The summed E-state index contributed by atoms with van der Waals surface area (Å²) in [6.45, 7) is 3.49. The van der Waals surface area contributed by atoms with E-state index in [2.05, 4.69) is 18.8 Å². The van der Waals surface area contributed by atoms with Gasteiger partial charge < -0.3 is 9.84 Å². The molecular weight excluding hydrogens is 200 g/mol. The second kappa shape index (κ2) is 7.92. The van der Waals surface area contributed by atoms with Crippen molar-refractivity contribution in [2.24, 2.45) is 0 Å². The first-order valence-corrected chi connectivity index (χ1v) is 5.63. The third-order valence-corrected chi connectivity index (χ3v) is 2.15. The molecule has 0 aliphatic carbocycles. The van der Waals surface area contributed by atoms with Crippen LogP contribution in [0.4, 0.5) is 0 Å². The summed E-state index contributed by atoms with van der Waals surface area (Å²) in [5.41, 5.74) is 2.05. The molecule has 1 aromatic carbocycles. The smallest absolute Gasteiger partial charge is 0.104 e. The average molecular weight is 218 g/mol. The quantitative estimate of drug-likeness (QED) is 0.607. The fourth-order valence-electron chi connectivity index (χ4n) is 1.32. The molecule has 0 radical (unpaired) electrons. The van der Waals surface area contributed by atoms with Crippen LogP contribution >= 0.6 is 0 Å². The molecule has 0 fully saturated rings. The predicted octanol–water partition coefficient (Wildman–Crippen LogP) is 2.35. The Morgan fingerprint density at radius 1 is 1.38 bits per heavy atom. The van der Waals surface area contributed by atoms with Crippen LogP contribution in [0.3, 0.4) is 0 Å². The van der Waals surface area contributed by atoms with Gasteiger partial charge in [0.15, 0.2) is 0 Å². The fourth-order valence-corrected chi connectivity index (χ4v) is 1.32. The molecule has 1 N–H and O–H groups in total. The van der Waals surface area contributed by atoms with Crippen LogP contribution in [-0.4, -0.2) is 18.3 Å². The Labute approximate surface area is 97.3 Å². The molecule has 0 aliphatic rings. The summed E-state index contributed by atoms with van der Waals surface area (Å²) >= 11 is 0. The molecule has 2 nitrogen and oxygen atoms in total. The van der Waals surface area contributed by atoms with Crippen molar-refractivity contribution in [1.82, 2.24) is 0 Å². The summed E-state index contributed by atoms with van der Waals surface area (Å²) in [6.07, 6.45) is 2.26. The topological polar surface area (TPSA) is 29.5 Å². The number of hydrogen-bond acceptors (Lipinski definition) is 2. The van der Waals surface area contributed by atoms with Crippen molar-refractivity contribution in [3.63, 3.8) is 0 Å². The summed E-state index contributed by atoms with van der Waals surface area (Å²) in [6, 6.07) is 7.91. The first-order chi connectivity index (χ1) is 7.86. The number of aliphatic hydroxyl groups excluding tert-OH is 1. The highest BCUT2D eigenvalue weighted by atomic mass is 16.5. The van der Waals surface area contributed by atoms with Crippen LogP contribution in [-0.2, 0) is 11.3 Å². The van der Waals surface area contributed by atoms with E-state index in [-0.39, 0.29) is 6.61 Å². The van der Waals surface area contributed by atoms with Crippen molar-refractivity contribution < 1.29 is 9.84 Å². The molecule has 0 aromatic heterocycles. The Balaban J connectivity index is 2.47. The zero-order chi connectivity index (χ0) is 11.6. The second-order valence-corrected chi connectivity index (χ2v) is 3.57. The lowest BCUT2D eigenvalue weighted by atomic mass is 10.1. The van der Waals surface area contributed by atoms with Crippen molar-refractivity contribution >= 4 is 0 Å². The first kappa shape index (κ1) is 12.8. The van der Waals surface area contributed by atoms with Gasteiger partial charge in [-0.25, -0.2) is 0 Å². The maximum absolute atomic E-state index is 8.60. The molecule has 0 spiro atoms. The SMILES string of the molecule is CCCCOCc1cccc(C#CCO)c1. The molecule has 1 rings (SSSR count). The molecule has 0 saturated heterocycles. The lowest BCUT2D eigenvalue weighted by Gasteiger charge is -2.03. The summed E-state index contributed by atoms with van der Waals surface area (Å²) in [7, 11) is 0. The largest absolute Gasteiger partial charge is 0.384 e. The summed E-state index contributed by atoms with van der Waals surface area (Å²) < 4.78 is 5.52. The van der Waals surface area contributed by atoms with Crippen molar-refractivity contribution in [1.29, 1.82) is 0 Å². The Morgan fingerprint density at radius 2 is 2.25 bits per heavy atom. The monoisotopic (exact) mass is 218 g/mol. The zero-order valence-corrected chi connectivity index (χ0v) is 9.70. The fraction of sp³-hybridized carbons (Fsp3) is 0.429. The van der Waals surface area contributed by atoms with Crippen molar-refractivity contribution in [2.45, 2.75) is 26.4 Å². The second-order valence-electron chi connectivity index (χ2n) is 3.57. The third kappa shape index (κ3) is 4.97. The van der Waals surface area contributed by atoms with Gasteiger partial charge in [-0.2, -0.15) is 0 Å². The van der Waals surface area contributed by atoms with Crippen LogP contribution in [0.15, 0.2) is 24.3 Å². The molecule has 0 atom stereocenters. The molecule has 0 aliphatic heterocycles. The molecular formula is C14H18O2. The van der Waals surface area contributed by atoms with E-state index in [1.54, 1.807) is 0 Å². The van der Waals surface area contributed by atoms with E-state index in [9.17, 15) is 0 Å². The molecule has 0 saturated carbocycles. The predicted molar refractivity (Wildman–Crippen MR) is 65.0 cm³/mol. The van der Waals surface area contributed by atoms with E-state index < -0.39 is 0 Å². The van der Waals surface area contributed by atoms with Gasteiger partial charge in [0.2, 0.25) is 0 Å². The minimum atomic E-state index is -0.1000. The number of unbranched alkanes of at least 4 members (excludes halogenated alkanes) is 1. The number of rotatable bonds is 5. The Hall–Kier alpha value is -1.30. The van der Waals surface area contributed by atoms with Crippen LogP contribution < -0.4 is 0 Å². The van der Waals surface area contributed by atoms with Crippen LogP contribution in [0.5, 0.6) is 0 Å². The minimum Gasteiger partial charge on any atom is -0.384 e. The van der Waals surface area contributed by atoms with Gasteiger partial charge in [-0.1, -0.05) is 37.3 Å². The average Bonchev–Trinajstić information content (AvgIpc) is 2.33. The van der Waals surface area contributed by atoms with E-state index in [4.69, 9.17) is 9.84 Å². The summed E-state index contributed by atoms with van der Waals surface area (Å²) in [5, 5.41) is 8.60. The van der Waals surface area contributed by atoms with Gasteiger partial charge in [0.05, 0.1) is 6.61 Å². The van der Waals surface area contributed by atoms with Gasteiger partial charge in [-0.3, -0.25) is 0 Å². The van der Waals surface area contributed by atoms with Gasteiger partial charge >= 0.3 is 0 Å². The van der Waals surface area contributed by atoms with Gasteiger partial charge in [0.25, 0.3) is 0 Å². The molecule has 1 aromatic rings. The first-order valence-electron chi connectivity index (χ1n) is 5.63. The van der Waals surface area contributed by atoms with E-state index in [1.165, 1.54) is 0 Å². The molecule has 2 heteroatoms. The molecule has 0 unspecified atom stereocenters. The summed E-state index contributed by atoms with van der Waals surface area (Å²) in [5.74, 6) is 5.51. The normalized spacial score (nSPS) is 9.62. The molecule has 16 heavy (non-hydrogen) atoms. The van der Waals surface area contributed by atoms with Crippen molar-refractivity contribution in [2.75, 3.05) is 13.2 Å². The lowest BCUT2D eigenvalue weighted by Crippen LogP contribution is -1.95. The van der Waals surface area contributed by atoms with Crippen LogP contribution in [0.25, 0.3) is 0 Å². The van der Waals surface area contributed by atoms with Crippen LogP contribution in [0.2, 0.25) is 0 Å². The Kier molecular flexibility index (Phi) is 6.32. The minimum absolute atomic E-state index is 0.1000. The van der Waals surface area contributed by atoms with E-state index >= 15 is 0 Å². The maximum Gasteiger partial charge on any atom is 0.104 e. The van der Waals surface area contributed by atoms with Crippen LogP contribution in [0.1, 0.15) is 30.9 Å². The standard InChI is InChI=1S/C14H18O2/c1-2-3-10-16-12-14-7-4-6-13(11-14)8-5-9-15/h4,6-7,11,15H,2-3,9-10,12H2,1H3. The van der Waals surface area contributed by atoms with Crippen LogP contribution in [0, 0.1) is 11.8 Å². The Bertz CT molecular complexity index is 360. The molecule has 86 valence electrons. The van der Waals surface area contributed by atoms with E-state index in [0.29, 0.717) is 6.61 Å².